The summed E-state index contributed by atoms with van der Waals surface area (Å²) in [5.41, 5.74) is 7.97. The molecule has 1 aromatic carbocycles. The Kier molecular flexibility index (Phi) is 3.10. The number of hydrogen-bond acceptors (Lipinski definition) is 3. The van der Waals surface area contributed by atoms with Crippen LogP contribution in [0.4, 0.5) is 15.8 Å². The van der Waals surface area contributed by atoms with Crippen molar-refractivity contribution in [3.8, 4) is 0 Å². The maximum absolute atomic E-state index is 13.3. The third kappa shape index (κ3) is 2.33. The first-order chi connectivity index (χ1) is 7.66. The monoisotopic (exact) mass is 236 g/mol. The SMILES string of the molecule is Cc1ccc(NCc2sccc2N)cc1F. The van der Waals surface area contributed by atoms with E-state index in [1.807, 2.05) is 17.5 Å². The van der Waals surface area contributed by atoms with E-state index in [1.165, 1.54) is 6.07 Å². The van der Waals surface area contributed by atoms with E-state index in [0.29, 0.717) is 12.1 Å². The zero-order valence-corrected chi connectivity index (χ0v) is 9.77. The van der Waals surface area contributed by atoms with E-state index >= 15 is 0 Å². The van der Waals surface area contributed by atoms with Crippen molar-refractivity contribution in [1.29, 1.82) is 0 Å². The van der Waals surface area contributed by atoms with E-state index in [0.717, 1.165) is 16.3 Å². The Labute approximate surface area is 97.9 Å². The van der Waals surface area contributed by atoms with Gasteiger partial charge in [-0.3, -0.25) is 0 Å². The van der Waals surface area contributed by atoms with Gasteiger partial charge in [0.2, 0.25) is 0 Å². The highest BCUT2D eigenvalue weighted by molar-refractivity contribution is 7.10. The second-order valence-corrected chi connectivity index (χ2v) is 4.62. The van der Waals surface area contributed by atoms with Gasteiger partial charge in [0.1, 0.15) is 5.82 Å². The van der Waals surface area contributed by atoms with Gasteiger partial charge in [-0.05, 0) is 36.1 Å². The van der Waals surface area contributed by atoms with Crippen LogP contribution in [-0.2, 0) is 6.54 Å². The first kappa shape index (κ1) is 11.0. The summed E-state index contributed by atoms with van der Waals surface area (Å²) in [4.78, 5) is 1.07. The molecule has 1 aromatic heterocycles. The van der Waals surface area contributed by atoms with E-state index in [-0.39, 0.29) is 5.82 Å². The van der Waals surface area contributed by atoms with Gasteiger partial charge in [-0.15, -0.1) is 11.3 Å². The smallest absolute Gasteiger partial charge is 0.128 e. The lowest BCUT2D eigenvalue weighted by Crippen LogP contribution is -2.00. The number of aryl methyl sites for hydroxylation is 1. The van der Waals surface area contributed by atoms with Crippen molar-refractivity contribution in [1.82, 2.24) is 0 Å². The number of thiophene rings is 1. The quantitative estimate of drug-likeness (QED) is 0.857. The third-order valence-electron chi connectivity index (χ3n) is 2.40. The van der Waals surface area contributed by atoms with Gasteiger partial charge in [-0.1, -0.05) is 6.07 Å². The van der Waals surface area contributed by atoms with Crippen LogP contribution in [0.25, 0.3) is 0 Å². The summed E-state index contributed by atoms with van der Waals surface area (Å²) in [6.07, 6.45) is 0. The third-order valence-corrected chi connectivity index (χ3v) is 3.34. The lowest BCUT2D eigenvalue weighted by molar-refractivity contribution is 0.619. The number of hydrogen-bond donors (Lipinski definition) is 2. The Morgan fingerprint density at radius 2 is 2.19 bits per heavy atom. The molecular weight excluding hydrogens is 223 g/mol. The minimum absolute atomic E-state index is 0.191. The molecule has 0 aliphatic heterocycles. The molecule has 0 aliphatic rings. The molecule has 84 valence electrons. The topological polar surface area (TPSA) is 38.0 Å². The summed E-state index contributed by atoms with van der Waals surface area (Å²) < 4.78 is 13.3. The Balaban J connectivity index is 2.05. The molecule has 0 saturated carbocycles. The Morgan fingerprint density at radius 3 is 2.81 bits per heavy atom. The van der Waals surface area contributed by atoms with Crippen molar-refractivity contribution in [3.05, 3.63) is 45.9 Å². The molecule has 0 saturated heterocycles. The van der Waals surface area contributed by atoms with Crippen LogP contribution in [0.15, 0.2) is 29.6 Å². The molecule has 2 nitrogen and oxygen atoms in total. The van der Waals surface area contributed by atoms with Crippen LogP contribution in [0, 0.1) is 12.7 Å². The first-order valence-corrected chi connectivity index (χ1v) is 5.86. The maximum Gasteiger partial charge on any atom is 0.128 e. The highest BCUT2D eigenvalue weighted by Crippen LogP contribution is 2.21. The fourth-order valence-electron chi connectivity index (χ4n) is 1.38. The molecule has 0 spiro atoms. The molecule has 0 atom stereocenters. The lowest BCUT2D eigenvalue weighted by atomic mass is 10.2. The van der Waals surface area contributed by atoms with Crippen LogP contribution in [-0.4, -0.2) is 0 Å². The molecule has 2 aromatic rings. The maximum atomic E-state index is 13.3. The number of nitrogen functional groups attached to an aromatic ring is 1. The highest BCUT2D eigenvalue weighted by Gasteiger charge is 2.02. The van der Waals surface area contributed by atoms with Crippen molar-refractivity contribution in [2.75, 3.05) is 11.1 Å². The fraction of sp³-hybridized carbons (Fsp3) is 0.167. The summed E-state index contributed by atoms with van der Waals surface area (Å²) >= 11 is 1.59. The summed E-state index contributed by atoms with van der Waals surface area (Å²) in [5, 5.41) is 5.09. The fourth-order valence-corrected chi connectivity index (χ4v) is 2.12. The van der Waals surface area contributed by atoms with Gasteiger partial charge in [0.05, 0.1) is 6.54 Å². The second kappa shape index (κ2) is 4.53. The molecule has 0 aliphatic carbocycles. The first-order valence-electron chi connectivity index (χ1n) is 4.98. The zero-order valence-electron chi connectivity index (χ0n) is 8.96. The molecular formula is C12H13FN2S. The molecule has 4 heteroatoms. The molecule has 0 unspecified atom stereocenters. The average molecular weight is 236 g/mol. The van der Waals surface area contributed by atoms with E-state index in [1.54, 1.807) is 24.3 Å². The predicted octanol–water partition coefficient (Wildman–Crippen LogP) is 3.39. The zero-order chi connectivity index (χ0) is 11.5. The summed E-state index contributed by atoms with van der Waals surface area (Å²) in [6.45, 7) is 2.38. The van der Waals surface area contributed by atoms with Crippen LogP contribution in [0.1, 0.15) is 10.4 Å². The predicted molar refractivity (Wildman–Crippen MR) is 67.2 cm³/mol. The molecule has 2 rings (SSSR count). The minimum Gasteiger partial charge on any atom is -0.398 e. The molecule has 3 N–H and O–H groups in total. The van der Waals surface area contributed by atoms with Crippen LogP contribution in [0.2, 0.25) is 0 Å². The highest BCUT2D eigenvalue weighted by atomic mass is 32.1. The van der Waals surface area contributed by atoms with Crippen LogP contribution in [0.3, 0.4) is 0 Å². The summed E-state index contributed by atoms with van der Waals surface area (Å²) in [5.74, 6) is -0.191. The largest absolute Gasteiger partial charge is 0.398 e. The average Bonchev–Trinajstić information content (AvgIpc) is 2.66. The van der Waals surface area contributed by atoms with Gasteiger partial charge in [-0.25, -0.2) is 4.39 Å². The molecule has 0 amide bonds. The molecule has 0 fully saturated rings. The van der Waals surface area contributed by atoms with Crippen LogP contribution < -0.4 is 11.1 Å². The molecule has 1 heterocycles. The molecule has 16 heavy (non-hydrogen) atoms. The van der Waals surface area contributed by atoms with Gasteiger partial charge in [0.15, 0.2) is 0 Å². The number of rotatable bonds is 3. The lowest BCUT2D eigenvalue weighted by Gasteiger charge is -2.06. The van der Waals surface area contributed by atoms with E-state index in [2.05, 4.69) is 5.32 Å². The summed E-state index contributed by atoms with van der Waals surface area (Å²) in [6, 6.07) is 6.99. The Hall–Kier alpha value is -1.55. The summed E-state index contributed by atoms with van der Waals surface area (Å²) in [7, 11) is 0. The van der Waals surface area contributed by atoms with Crippen molar-refractivity contribution in [2.24, 2.45) is 0 Å². The van der Waals surface area contributed by atoms with E-state index in [4.69, 9.17) is 5.73 Å². The van der Waals surface area contributed by atoms with Crippen molar-refractivity contribution >= 4 is 22.7 Å². The second-order valence-electron chi connectivity index (χ2n) is 3.62. The number of nitrogens with two attached hydrogens (primary N) is 1. The van der Waals surface area contributed by atoms with Crippen molar-refractivity contribution in [3.63, 3.8) is 0 Å². The van der Waals surface area contributed by atoms with Crippen molar-refractivity contribution in [2.45, 2.75) is 13.5 Å². The number of benzene rings is 1. The van der Waals surface area contributed by atoms with E-state index in [9.17, 15) is 4.39 Å². The van der Waals surface area contributed by atoms with Gasteiger partial charge in [0, 0.05) is 16.3 Å². The Bertz CT molecular complexity index is 494. The van der Waals surface area contributed by atoms with Crippen LogP contribution in [0.5, 0.6) is 0 Å². The van der Waals surface area contributed by atoms with Crippen molar-refractivity contribution < 1.29 is 4.39 Å². The van der Waals surface area contributed by atoms with Crippen LogP contribution >= 0.6 is 11.3 Å². The van der Waals surface area contributed by atoms with Gasteiger partial charge in [0.25, 0.3) is 0 Å². The molecule has 0 radical (unpaired) electrons. The number of halogens is 1. The number of anilines is 2. The van der Waals surface area contributed by atoms with Gasteiger partial charge >= 0.3 is 0 Å². The minimum atomic E-state index is -0.191. The number of nitrogens with one attached hydrogen (secondary N) is 1. The standard InChI is InChI=1S/C12H13FN2S/c1-8-2-3-9(6-10(8)13)15-7-12-11(14)4-5-16-12/h2-6,15H,7,14H2,1H3. The Morgan fingerprint density at radius 1 is 1.38 bits per heavy atom. The van der Waals surface area contributed by atoms with Gasteiger partial charge in [-0.2, -0.15) is 0 Å². The van der Waals surface area contributed by atoms with Gasteiger partial charge < -0.3 is 11.1 Å². The normalized spacial score (nSPS) is 10.4. The molecule has 0 bridgehead atoms. The van der Waals surface area contributed by atoms with E-state index < -0.39 is 0 Å².